The highest BCUT2D eigenvalue weighted by atomic mass is 19.3. The Kier molecular flexibility index (Phi) is 3.62. The first-order chi connectivity index (χ1) is 5.99. The van der Waals surface area contributed by atoms with Crippen molar-refractivity contribution in [3.05, 3.63) is 0 Å². The molecule has 1 rings (SSSR count). The summed E-state index contributed by atoms with van der Waals surface area (Å²) < 4.78 is 24.8. The number of β-amino-alcohol motifs (C(OH)–C–C–N with tert-alkyl or cyclic N) is 1. The highest BCUT2D eigenvalue weighted by Gasteiger charge is 2.26. The lowest BCUT2D eigenvalue weighted by molar-refractivity contribution is 0.00799. The molecule has 2 atom stereocenters. The van der Waals surface area contributed by atoms with Crippen LogP contribution in [0.4, 0.5) is 8.78 Å². The molecule has 13 heavy (non-hydrogen) atoms. The van der Waals surface area contributed by atoms with Gasteiger partial charge in [-0.3, -0.25) is 0 Å². The molecule has 0 spiro atoms. The summed E-state index contributed by atoms with van der Waals surface area (Å²) in [5, 5.41) is 12.4. The van der Waals surface area contributed by atoms with E-state index in [0.717, 1.165) is 13.5 Å². The molecule has 0 amide bonds. The zero-order chi connectivity index (χ0) is 9.90. The molecule has 4 heteroatoms. The Labute approximate surface area is 77.3 Å². The van der Waals surface area contributed by atoms with Crippen LogP contribution >= 0.6 is 0 Å². The fraction of sp³-hybridized carbons (Fsp3) is 1.00. The fourth-order valence-electron chi connectivity index (χ4n) is 1.69. The van der Waals surface area contributed by atoms with Crippen LogP contribution in [0, 0.1) is 5.92 Å². The van der Waals surface area contributed by atoms with Crippen LogP contribution in [-0.2, 0) is 0 Å². The molecule has 2 nitrogen and oxygen atoms in total. The van der Waals surface area contributed by atoms with Crippen molar-refractivity contribution in [2.75, 3.05) is 13.1 Å². The summed E-state index contributed by atoms with van der Waals surface area (Å²) >= 11 is 0. The van der Waals surface area contributed by atoms with Gasteiger partial charge in [-0.15, -0.1) is 0 Å². The average molecular weight is 193 g/mol. The lowest BCUT2D eigenvalue weighted by atomic mass is 9.98. The van der Waals surface area contributed by atoms with E-state index in [1.807, 2.05) is 0 Å². The van der Waals surface area contributed by atoms with Gasteiger partial charge in [-0.05, 0) is 25.7 Å². The Morgan fingerprint density at radius 2 is 2.15 bits per heavy atom. The monoisotopic (exact) mass is 193 g/mol. The standard InChI is InChI=1S/C9H17F2NO/c1-9(10,11)4-2-3-7-5-12-6-8(7)13/h7-8,12-13H,2-6H2,1H3. The molecular formula is C9H17F2NO. The minimum atomic E-state index is -2.56. The third kappa shape index (κ3) is 4.00. The van der Waals surface area contributed by atoms with Gasteiger partial charge in [0.25, 0.3) is 0 Å². The van der Waals surface area contributed by atoms with Crippen molar-refractivity contribution in [2.45, 2.75) is 38.2 Å². The number of aliphatic hydroxyl groups is 1. The lowest BCUT2D eigenvalue weighted by Gasteiger charge is -2.14. The van der Waals surface area contributed by atoms with E-state index in [-0.39, 0.29) is 18.4 Å². The van der Waals surface area contributed by atoms with Crippen LogP contribution in [0.1, 0.15) is 26.2 Å². The number of rotatable bonds is 4. The second kappa shape index (κ2) is 4.33. The molecule has 1 heterocycles. The highest BCUT2D eigenvalue weighted by Crippen LogP contribution is 2.23. The summed E-state index contributed by atoms with van der Waals surface area (Å²) in [7, 11) is 0. The van der Waals surface area contributed by atoms with Gasteiger partial charge in [0.05, 0.1) is 6.10 Å². The van der Waals surface area contributed by atoms with E-state index < -0.39 is 5.92 Å². The van der Waals surface area contributed by atoms with Crippen molar-refractivity contribution >= 4 is 0 Å². The molecular weight excluding hydrogens is 176 g/mol. The molecule has 0 aliphatic carbocycles. The van der Waals surface area contributed by atoms with Crippen LogP contribution < -0.4 is 5.32 Å². The molecule has 1 aliphatic rings. The number of nitrogens with one attached hydrogen (secondary N) is 1. The molecule has 1 saturated heterocycles. The van der Waals surface area contributed by atoms with Crippen molar-refractivity contribution in [1.82, 2.24) is 5.32 Å². The van der Waals surface area contributed by atoms with Gasteiger partial charge in [-0.1, -0.05) is 0 Å². The van der Waals surface area contributed by atoms with E-state index in [0.29, 0.717) is 19.4 Å². The number of hydrogen-bond donors (Lipinski definition) is 2. The molecule has 0 aromatic heterocycles. The smallest absolute Gasteiger partial charge is 0.245 e. The molecule has 0 radical (unpaired) electrons. The summed E-state index contributed by atoms with van der Waals surface area (Å²) in [5.41, 5.74) is 0. The van der Waals surface area contributed by atoms with Gasteiger partial charge in [0, 0.05) is 19.5 Å². The van der Waals surface area contributed by atoms with Crippen molar-refractivity contribution in [2.24, 2.45) is 5.92 Å². The molecule has 2 unspecified atom stereocenters. The lowest BCUT2D eigenvalue weighted by Crippen LogP contribution is -2.18. The van der Waals surface area contributed by atoms with Gasteiger partial charge in [-0.25, -0.2) is 8.78 Å². The Morgan fingerprint density at radius 1 is 1.46 bits per heavy atom. The van der Waals surface area contributed by atoms with E-state index in [1.165, 1.54) is 0 Å². The van der Waals surface area contributed by atoms with Crippen LogP contribution in [0.15, 0.2) is 0 Å². The van der Waals surface area contributed by atoms with Crippen LogP contribution in [0.25, 0.3) is 0 Å². The molecule has 0 saturated carbocycles. The minimum absolute atomic E-state index is 0.0732. The van der Waals surface area contributed by atoms with Crippen LogP contribution in [-0.4, -0.2) is 30.2 Å². The summed E-state index contributed by atoms with van der Waals surface area (Å²) in [5.74, 6) is -2.39. The first-order valence-electron chi connectivity index (χ1n) is 4.75. The Bertz CT molecular complexity index is 158. The molecule has 0 aromatic carbocycles. The number of aliphatic hydroxyl groups excluding tert-OH is 1. The molecule has 2 N–H and O–H groups in total. The summed E-state index contributed by atoms with van der Waals surface area (Å²) in [6.07, 6.45) is 0.770. The van der Waals surface area contributed by atoms with Crippen LogP contribution in [0.2, 0.25) is 0 Å². The SMILES string of the molecule is CC(F)(F)CCCC1CNCC1O. The largest absolute Gasteiger partial charge is 0.391 e. The van der Waals surface area contributed by atoms with Gasteiger partial charge in [-0.2, -0.15) is 0 Å². The zero-order valence-electron chi connectivity index (χ0n) is 7.89. The van der Waals surface area contributed by atoms with Gasteiger partial charge >= 0.3 is 0 Å². The quantitative estimate of drug-likeness (QED) is 0.707. The Hall–Kier alpha value is -0.220. The predicted molar refractivity (Wildman–Crippen MR) is 46.8 cm³/mol. The number of alkyl halides is 2. The maximum atomic E-state index is 12.4. The second-order valence-electron chi connectivity index (χ2n) is 3.95. The van der Waals surface area contributed by atoms with E-state index in [9.17, 15) is 13.9 Å². The van der Waals surface area contributed by atoms with Crippen LogP contribution in [0.5, 0.6) is 0 Å². The maximum Gasteiger partial charge on any atom is 0.245 e. The van der Waals surface area contributed by atoms with Crippen LogP contribution in [0.3, 0.4) is 0 Å². The van der Waals surface area contributed by atoms with Gasteiger partial charge in [0.15, 0.2) is 0 Å². The normalized spacial score (nSPS) is 29.5. The molecule has 0 aromatic rings. The van der Waals surface area contributed by atoms with Gasteiger partial charge in [0.2, 0.25) is 5.92 Å². The maximum absolute atomic E-state index is 12.4. The van der Waals surface area contributed by atoms with Crippen molar-refractivity contribution in [3.63, 3.8) is 0 Å². The zero-order valence-corrected chi connectivity index (χ0v) is 7.89. The third-order valence-corrected chi connectivity index (χ3v) is 2.49. The van der Waals surface area contributed by atoms with Crippen molar-refractivity contribution in [3.8, 4) is 0 Å². The first kappa shape index (κ1) is 10.9. The summed E-state index contributed by atoms with van der Waals surface area (Å²) in [6.45, 7) is 2.31. The predicted octanol–water partition coefficient (Wildman–Crippen LogP) is 1.39. The minimum Gasteiger partial charge on any atom is -0.391 e. The van der Waals surface area contributed by atoms with Crippen molar-refractivity contribution in [1.29, 1.82) is 0 Å². The fourth-order valence-corrected chi connectivity index (χ4v) is 1.69. The topological polar surface area (TPSA) is 32.3 Å². The molecule has 0 bridgehead atoms. The second-order valence-corrected chi connectivity index (χ2v) is 3.95. The van der Waals surface area contributed by atoms with E-state index in [1.54, 1.807) is 0 Å². The highest BCUT2D eigenvalue weighted by molar-refractivity contribution is 4.80. The van der Waals surface area contributed by atoms with E-state index in [2.05, 4.69) is 5.32 Å². The Morgan fingerprint density at radius 3 is 2.62 bits per heavy atom. The molecule has 78 valence electrons. The van der Waals surface area contributed by atoms with Crippen molar-refractivity contribution < 1.29 is 13.9 Å². The molecule has 1 fully saturated rings. The third-order valence-electron chi connectivity index (χ3n) is 2.49. The first-order valence-corrected chi connectivity index (χ1v) is 4.75. The molecule has 1 aliphatic heterocycles. The van der Waals surface area contributed by atoms with E-state index >= 15 is 0 Å². The number of halogens is 2. The van der Waals surface area contributed by atoms with E-state index in [4.69, 9.17) is 0 Å². The summed E-state index contributed by atoms with van der Waals surface area (Å²) in [4.78, 5) is 0. The van der Waals surface area contributed by atoms with Gasteiger partial charge in [0.1, 0.15) is 0 Å². The summed E-state index contributed by atoms with van der Waals surface area (Å²) in [6, 6.07) is 0. The Balaban J connectivity index is 2.12. The number of hydrogen-bond acceptors (Lipinski definition) is 2. The average Bonchev–Trinajstić information content (AvgIpc) is 2.34. The van der Waals surface area contributed by atoms with Gasteiger partial charge < -0.3 is 10.4 Å².